The summed E-state index contributed by atoms with van der Waals surface area (Å²) in [5.74, 6) is -0.263. The highest BCUT2D eigenvalue weighted by atomic mass is 79.9. The second kappa shape index (κ2) is 4.84. The van der Waals surface area contributed by atoms with Crippen molar-refractivity contribution in [2.45, 2.75) is 6.04 Å². The van der Waals surface area contributed by atoms with Crippen LogP contribution in [0, 0.1) is 5.82 Å². The molecule has 1 atom stereocenters. The molecule has 2 rings (SSSR count). The molecule has 0 aliphatic rings. The predicted octanol–water partition coefficient (Wildman–Crippen LogP) is 4.35. The van der Waals surface area contributed by atoms with Crippen LogP contribution in [0.15, 0.2) is 34.8 Å². The summed E-state index contributed by atoms with van der Waals surface area (Å²) < 4.78 is 14.3. The molecule has 1 nitrogen and oxygen atoms in total. The van der Waals surface area contributed by atoms with Gasteiger partial charge in [0.05, 0.1) is 6.04 Å². The molecule has 2 N–H and O–H groups in total. The van der Waals surface area contributed by atoms with Gasteiger partial charge in [0, 0.05) is 9.35 Å². The lowest BCUT2D eigenvalue weighted by molar-refractivity contribution is 0.626. The van der Waals surface area contributed by atoms with E-state index in [-0.39, 0.29) is 11.9 Å². The first-order chi connectivity index (χ1) is 7.58. The smallest absolute Gasteiger partial charge is 0.123 e. The first-order valence-electron chi connectivity index (χ1n) is 4.53. The molecule has 0 saturated carbocycles. The number of benzene rings is 1. The summed E-state index contributed by atoms with van der Waals surface area (Å²) in [6, 6.07) is 7.79. The van der Waals surface area contributed by atoms with Gasteiger partial charge in [0.1, 0.15) is 10.2 Å². The van der Waals surface area contributed by atoms with Crippen LogP contribution in [0.4, 0.5) is 4.39 Å². The first-order valence-corrected chi connectivity index (χ1v) is 6.52. The molecular formula is C11H8BrClFNS. The van der Waals surface area contributed by atoms with Gasteiger partial charge in [0.2, 0.25) is 0 Å². The fourth-order valence-electron chi connectivity index (χ4n) is 1.35. The van der Waals surface area contributed by atoms with E-state index in [1.165, 1.54) is 23.5 Å². The lowest BCUT2D eigenvalue weighted by Gasteiger charge is -2.09. The third-order valence-corrected chi connectivity index (χ3v) is 4.76. The van der Waals surface area contributed by atoms with Crippen molar-refractivity contribution < 1.29 is 4.39 Å². The monoisotopic (exact) mass is 319 g/mol. The first kappa shape index (κ1) is 12.0. The van der Waals surface area contributed by atoms with Crippen LogP contribution in [0.5, 0.6) is 0 Å². The number of hydrogen-bond donors (Lipinski definition) is 1. The van der Waals surface area contributed by atoms with Crippen molar-refractivity contribution in [3.63, 3.8) is 0 Å². The van der Waals surface area contributed by atoms with Gasteiger partial charge < -0.3 is 5.73 Å². The molecule has 0 fully saturated rings. The van der Waals surface area contributed by atoms with Crippen LogP contribution in [0.3, 0.4) is 0 Å². The van der Waals surface area contributed by atoms with Crippen molar-refractivity contribution in [1.82, 2.24) is 0 Å². The van der Waals surface area contributed by atoms with E-state index < -0.39 is 0 Å². The van der Waals surface area contributed by atoms with E-state index in [1.54, 1.807) is 12.1 Å². The van der Waals surface area contributed by atoms with Gasteiger partial charge >= 0.3 is 0 Å². The largest absolute Gasteiger partial charge is 0.320 e. The topological polar surface area (TPSA) is 26.0 Å². The molecule has 2 aromatic rings. The van der Waals surface area contributed by atoms with Crippen LogP contribution in [0.1, 0.15) is 16.5 Å². The van der Waals surface area contributed by atoms with Crippen molar-refractivity contribution >= 4 is 38.9 Å². The summed E-state index contributed by atoms with van der Waals surface area (Å²) in [6.07, 6.45) is 0. The summed E-state index contributed by atoms with van der Waals surface area (Å²) in [5, 5.41) is 0. The van der Waals surface area contributed by atoms with E-state index in [0.29, 0.717) is 4.34 Å². The lowest BCUT2D eigenvalue weighted by Crippen LogP contribution is -2.09. The molecule has 0 aliphatic carbocycles. The Morgan fingerprint density at radius 3 is 2.44 bits per heavy atom. The van der Waals surface area contributed by atoms with E-state index >= 15 is 0 Å². The van der Waals surface area contributed by atoms with E-state index in [2.05, 4.69) is 15.9 Å². The van der Waals surface area contributed by atoms with Gasteiger partial charge in [-0.1, -0.05) is 23.7 Å². The highest BCUT2D eigenvalue weighted by Crippen LogP contribution is 2.36. The van der Waals surface area contributed by atoms with Crippen molar-refractivity contribution in [3.05, 3.63) is 55.4 Å². The van der Waals surface area contributed by atoms with Crippen LogP contribution < -0.4 is 5.73 Å². The van der Waals surface area contributed by atoms with Gasteiger partial charge in [0.25, 0.3) is 0 Å². The average molecular weight is 321 g/mol. The van der Waals surface area contributed by atoms with Gasteiger partial charge in [-0.15, -0.1) is 11.3 Å². The standard InChI is InChI=1S/C11H8BrClFNS/c12-8-5-9(16-11(8)13)10(15)6-1-3-7(14)4-2-6/h1-5,10H,15H2. The van der Waals surface area contributed by atoms with E-state index in [4.69, 9.17) is 17.3 Å². The molecule has 84 valence electrons. The Morgan fingerprint density at radius 2 is 1.94 bits per heavy atom. The van der Waals surface area contributed by atoms with Crippen LogP contribution in [-0.2, 0) is 0 Å². The molecule has 1 heterocycles. The number of rotatable bonds is 2. The zero-order valence-corrected chi connectivity index (χ0v) is 11.2. The van der Waals surface area contributed by atoms with Crippen LogP contribution in [0.25, 0.3) is 0 Å². The minimum absolute atomic E-state index is 0.263. The van der Waals surface area contributed by atoms with Gasteiger partial charge in [-0.3, -0.25) is 0 Å². The fraction of sp³-hybridized carbons (Fsp3) is 0.0909. The number of hydrogen-bond acceptors (Lipinski definition) is 2. The molecule has 0 aliphatic heterocycles. The van der Waals surface area contributed by atoms with Crippen LogP contribution in [-0.4, -0.2) is 0 Å². The summed E-state index contributed by atoms with van der Waals surface area (Å²) in [7, 11) is 0. The Kier molecular flexibility index (Phi) is 3.64. The Hall–Kier alpha value is -0.420. The van der Waals surface area contributed by atoms with Crippen LogP contribution >= 0.6 is 38.9 Å². The molecule has 5 heteroatoms. The van der Waals surface area contributed by atoms with Crippen molar-refractivity contribution in [1.29, 1.82) is 0 Å². The van der Waals surface area contributed by atoms with E-state index in [1.807, 2.05) is 6.07 Å². The molecule has 0 amide bonds. The second-order valence-corrected chi connectivity index (χ2v) is 5.84. The Balaban J connectivity index is 2.31. The third-order valence-electron chi connectivity index (χ3n) is 2.20. The van der Waals surface area contributed by atoms with E-state index in [0.717, 1.165) is 14.9 Å². The van der Waals surface area contributed by atoms with E-state index in [9.17, 15) is 4.39 Å². The molecule has 0 bridgehead atoms. The fourth-order valence-corrected chi connectivity index (χ4v) is 3.12. The SMILES string of the molecule is NC(c1ccc(F)cc1)c1cc(Br)c(Cl)s1. The third kappa shape index (κ3) is 2.46. The minimum Gasteiger partial charge on any atom is -0.320 e. The molecule has 0 saturated heterocycles. The molecule has 0 radical (unpaired) electrons. The second-order valence-electron chi connectivity index (χ2n) is 3.30. The Bertz CT molecular complexity index is 478. The van der Waals surface area contributed by atoms with Crippen molar-refractivity contribution in [2.75, 3.05) is 0 Å². The maximum Gasteiger partial charge on any atom is 0.123 e. The number of halogens is 3. The molecule has 1 aromatic carbocycles. The highest BCUT2D eigenvalue weighted by molar-refractivity contribution is 9.10. The van der Waals surface area contributed by atoms with Crippen LogP contribution in [0.2, 0.25) is 4.34 Å². The maximum atomic E-state index is 12.8. The predicted molar refractivity (Wildman–Crippen MR) is 69.5 cm³/mol. The normalized spacial score (nSPS) is 12.8. The zero-order valence-electron chi connectivity index (χ0n) is 8.08. The summed E-state index contributed by atoms with van der Waals surface area (Å²) in [5.41, 5.74) is 6.92. The zero-order chi connectivity index (χ0) is 11.7. The van der Waals surface area contributed by atoms with Gasteiger partial charge in [0.15, 0.2) is 0 Å². The maximum absolute atomic E-state index is 12.8. The summed E-state index contributed by atoms with van der Waals surface area (Å²) >= 11 is 10.7. The van der Waals surface area contributed by atoms with Gasteiger partial charge in [-0.2, -0.15) is 0 Å². The number of nitrogens with two attached hydrogens (primary N) is 1. The van der Waals surface area contributed by atoms with Crippen molar-refractivity contribution in [3.8, 4) is 0 Å². The van der Waals surface area contributed by atoms with Crippen molar-refractivity contribution in [2.24, 2.45) is 5.73 Å². The lowest BCUT2D eigenvalue weighted by atomic mass is 10.1. The van der Waals surface area contributed by atoms with Gasteiger partial charge in [-0.25, -0.2) is 4.39 Å². The molecular weight excluding hydrogens is 313 g/mol. The molecule has 1 unspecified atom stereocenters. The Labute approximate surface area is 110 Å². The summed E-state index contributed by atoms with van der Waals surface area (Å²) in [4.78, 5) is 0.948. The number of thiophene rings is 1. The molecule has 0 spiro atoms. The summed E-state index contributed by atoms with van der Waals surface area (Å²) in [6.45, 7) is 0. The van der Waals surface area contributed by atoms with Gasteiger partial charge in [-0.05, 0) is 39.7 Å². The average Bonchev–Trinajstić information content (AvgIpc) is 2.59. The minimum atomic E-state index is -0.269. The Morgan fingerprint density at radius 1 is 1.31 bits per heavy atom. The highest BCUT2D eigenvalue weighted by Gasteiger charge is 2.13. The quantitative estimate of drug-likeness (QED) is 0.874. The molecule has 16 heavy (non-hydrogen) atoms. The molecule has 1 aromatic heterocycles.